The fraction of sp³-hybridized carbons (Fsp3) is 0.615. The van der Waals surface area contributed by atoms with Crippen molar-refractivity contribution in [3.8, 4) is 0 Å². The molecule has 2 aliphatic heterocycles. The number of carbonyl (C=O) groups excluding carboxylic acids is 1. The fourth-order valence-electron chi connectivity index (χ4n) is 2.50. The number of rotatable bonds is 2. The molecule has 1 amide bonds. The fourth-order valence-corrected chi connectivity index (χ4v) is 3.40. The van der Waals surface area contributed by atoms with Crippen molar-refractivity contribution in [2.24, 2.45) is 5.92 Å². The van der Waals surface area contributed by atoms with Gasteiger partial charge < -0.3 is 15.5 Å². The second-order valence-corrected chi connectivity index (χ2v) is 6.60. The van der Waals surface area contributed by atoms with Crippen molar-refractivity contribution in [2.75, 3.05) is 40.1 Å². The quantitative estimate of drug-likeness (QED) is 0.859. The summed E-state index contributed by atoms with van der Waals surface area (Å²) in [5, 5.41) is 6.21. The summed E-state index contributed by atoms with van der Waals surface area (Å²) in [5.74, 6) is 3.96. The third-order valence-corrected chi connectivity index (χ3v) is 4.57. The van der Waals surface area contributed by atoms with E-state index in [0.717, 1.165) is 41.9 Å². The maximum absolute atomic E-state index is 12.2. The molecule has 0 bridgehead atoms. The highest BCUT2D eigenvalue weighted by molar-refractivity contribution is 7.99. The summed E-state index contributed by atoms with van der Waals surface area (Å²) in [6, 6.07) is -0.234. The Morgan fingerprint density at radius 1 is 1.35 bits per heavy atom. The third-order valence-electron chi connectivity index (χ3n) is 3.63. The van der Waals surface area contributed by atoms with Crippen LogP contribution in [0.1, 0.15) is 13.8 Å². The lowest BCUT2D eigenvalue weighted by Gasteiger charge is -2.33. The molecular weight excluding hydrogens is 274 g/mol. The molecule has 0 spiro atoms. The Balaban J connectivity index is 1.92. The van der Waals surface area contributed by atoms with Crippen LogP contribution in [-0.2, 0) is 4.79 Å². The van der Waals surface area contributed by atoms with E-state index in [-0.39, 0.29) is 17.9 Å². The summed E-state index contributed by atoms with van der Waals surface area (Å²) in [5.41, 5.74) is 0.723. The van der Waals surface area contributed by atoms with Gasteiger partial charge in [-0.3, -0.25) is 4.79 Å². The topological polar surface area (TPSA) is 70.2 Å². The Bertz CT molecular complexity index is 515. The lowest BCUT2D eigenvalue weighted by Crippen LogP contribution is -2.44. The number of carbonyl (C=O) groups is 1. The summed E-state index contributed by atoms with van der Waals surface area (Å²) in [7, 11) is 0. The molecular formula is C13H19N5OS. The molecule has 3 heterocycles. The van der Waals surface area contributed by atoms with E-state index in [4.69, 9.17) is 0 Å². The van der Waals surface area contributed by atoms with Crippen molar-refractivity contribution in [1.82, 2.24) is 9.97 Å². The summed E-state index contributed by atoms with van der Waals surface area (Å²) in [6.07, 6.45) is 1.57. The number of hydrogen-bond donors (Lipinski definition) is 2. The second-order valence-electron chi connectivity index (χ2n) is 5.38. The van der Waals surface area contributed by atoms with E-state index >= 15 is 0 Å². The first kappa shape index (κ1) is 13.5. The molecule has 20 heavy (non-hydrogen) atoms. The SMILES string of the molecule is CC(C)C1Nc2ncnc(N3CCSCC3)c2NC1=O. The molecule has 1 aromatic rings. The smallest absolute Gasteiger partial charge is 0.247 e. The summed E-state index contributed by atoms with van der Waals surface area (Å²) in [6.45, 7) is 5.95. The van der Waals surface area contributed by atoms with Gasteiger partial charge in [-0.15, -0.1) is 0 Å². The summed E-state index contributed by atoms with van der Waals surface area (Å²) >= 11 is 1.95. The number of fused-ring (bicyclic) bond motifs is 1. The molecule has 1 atom stereocenters. The standard InChI is InChI=1S/C13H19N5OS/c1-8(2)9-13(19)17-10-11(16-9)14-7-15-12(10)18-3-5-20-6-4-18/h7-9H,3-6H2,1-2H3,(H,17,19)(H,14,15,16). The molecule has 2 aliphatic rings. The highest BCUT2D eigenvalue weighted by Crippen LogP contribution is 2.34. The van der Waals surface area contributed by atoms with Gasteiger partial charge in [-0.05, 0) is 5.92 Å². The number of nitrogens with one attached hydrogen (secondary N) is 2. The molecule has 0 aromatic carbocycles. The van der Waals surface area contributed by atoms with Crippen LogP contribution >= 0.6 is 11.8 Å². The van der Waals surface area contributed by atoms with Crippen LogP contribution in [-0.4, -0.2) is 46.5 Å². The Hall–Kier alpha value is -1.50. The predicted molar refractivity (Wildman–Crippen MR) is 82.4 cm³/mol. The van der Waals surface area contributed by atoms with Crippen LogP contribution in [0.4, 0.5) is 17.3 Å². The maximum Gasteiger partial charge on any atom is 0.247 e. The second kappa shape index (κ2) is 5.47. The van der Waals surface area contributed by atoms with Crippen molar-refractivity contribution >= 4 is 35.0 Å². The van der Waals surface area contributed by atoms with Crippen LogP contribution in [0, 0.1) is 5.92 Å². The van der Waals surface area contributed by atoms with Crippen LogP contribution < -0.4 is 15.5 Å². The van der Waals surface area contributed by atoms with E-state index in [2.05, 4.69) is 25.5 Å². The first-order valence-corrected chi connectivity index (χ1v) is 8.07. The van der Waals surface area contributed by atoms with Crippen molar-refractivity contribution in [1.29, 1.82) is 0 Å². The van der Waals surface area contributed by atoms with Gasteiger partial charge in [-0.25, -0.2) is 9.97 Å². The molecule has 1 aromatic heterocycles. The van der Waals surface area contributed by atoms with E-state index in [1.165, 1.54) is 0 Å². The monoisotopic (exact) mass is 293 g/mol. The van der Waals surface area contributed by atoms with Crippen molar-refractivity contribution < 1.29 is 4.79 Å². The molecule has 1 saturated heterocycles. The number of anilines is 3. The van der Waals surface area contributed by atoms with Gasteiger partial charge in [0.15, 0.2) is 11.6 Å². The number of hydrogen-bond acceptors (Lipinski definition) is 6. The van der Waals surface area contributed by atoms with Gasteiger partial charge in [0.05, 0.1) is 0 Å². The molecule has 1 unspecified atom stereocenters. The Labute approximate surface area is 122 Å². The summed E-state index contributed by atoms with van der Waals surface area (Å²) in [4.78, 5) is 23.0. The van der Waals surface area contributed by atoms with Crippen molar-refractivity contribution in [3.05, 3.63) is 6.33 Å². The van der Waals surface area contributed by atoms with Gasteiger partial charge in [0, 0.05) is 24.6 Å². The van der Waals surface area contributed by atoms with E-state index in [9.17, 15) is 4.79 Å². The zero-order valence-corrected chi connectivity index (χ0v) is 12.5. The average molecular weight is 293 g/mol. The van der Waals surface area contributed by atoms with Crippen LogP contribution in [0.3, 0.4) is 0 Å². The van der Waals surface area contributed by atoms with Crippen molar-refractivity contribution in [2.45, 2.75) is 19.9 Å². The number of nitrogens with zero attached hydrogens (tertiary/aromatic N) is 3. The van der Waals surface area contributed by atoms with E-state index in [0.29, 0.717) is 0 Å². The average Bonchev–Trinajstić information content (AvgIpc) is 2.46. The van der Waals surface area contributed by atoms with Crippen LogP contribution in [0.5, 0.6) is 0 Å². The minimum absolute atomic E-state index is 0.00469. The van der Waals surface area contributed by atoms with Gasteiger partial charge in [-0.2, -0.15) is 11.8 Å². The van der Waals surface area contributed by atoms with Gasteiger partial charge >= 0.3 is 0 Å². The lowest BCUT2D eigenvalue weighted by molar-refractivity contribution is -0.117. The molecule has 6 nitrogen and oxygen atoms in total. The minimum atomic E-state index is -0.234. The number of amides is 1. The third kappa shape index (κ3) is 2.42. The van der Waals surface area contributed by atoms with E-state index in [1.54, 1.807) is 6.33 Å². The molecule has 7 heteroatoms. The Kier molecular flexibility index (Phi) is 3.69. The number of aromatic nitrogens is 2. The van der Waals surface area contributed by atoms with Gasteiger partial charge in [0.2, 0.25) is 5.91 Å². The van der Waals surface area contributed by atoms with Crippen molar-refractivity contribution in [3.63, 3.8) is 0 Å². The highest BCUT2D eigenvalue weighted by Gasteiger charge is 2.31. The zero-order chi connectivity index (χ0) is 14.1. The Morgan fingerprint density at radius 3 is 2.80 bits per heavy atom. The maximum atomic E-state index is 12.2. The number of thioether (sulfide) groups is 1. The predicted octanol–water partition coefficient (Wildman–Crippen LogP) is 1.42. The van der Waals surface area contributed by atoms with Crippen LogP contribution in [0.2, 0.25) is 0 Å². The van der Waals surface area contributed by atoms with Gasteiger partial charge in [0.1, 0.15) is 18.1 Å². The van der Waals surface area contributed by atoms with Crippen LogP contribution in [0.15, 0.2) is 6.33 Å². The van der Waals surface area contributed by atoms with Gasteiger partial charge in [0.25, 0.3) is 0 Å². The van der Waals surface area contributed by atoms with Gasteiger partial charge in [-0.1, -0.05) is 13.8 Å². The normalized spacial score (nSPS) is 22.2. The first-order chi connectivity index (χ1) is 9.66. The first-order valence-electron chi connectivity index (χ1n) is 6.92. The highest BCUT2D eigenvalue weighted by atomic mass is 32.2. The molecule has 3 rings (SSSR count). The lowest BCUT2D eigenvalue weighted by atomic mass is 10.0. The molecule has 0 aliphatic carbocycles. The largest absolute Gasteiger partial charge is 0.356 e. The zero-order valence-electron chi connectivity index (χ0n) is 11.7. The Morgan fingerprint density at radius 2 is 2.10 bits per heavy atom. The molecule has 0 radical (unpaired) electrons. The molecule has 1 fully saturated rings. The van der Waals surface area contributed by atoms with E-state index < -0.39 is 0 Å². The summed E-state index contributed by atoms with van der Waals surface area (Å²) < 4.78 is 0. The molecule has 0 saturated carbocycles. The molecule has 2 N–H and O–H groups in total. The van der Waals surface area contributed by atoms with Crippen LogP contribution in [0.25, 0.3) is 0 Å². The minimum Gasteiger partial charge on any atom is -0.356 e. The molecule has 108 valence electrons. The van der Waals surface area contributed by atoms with E-state index in [1.807, 2.05) is 25.6 Å².